The molecule has 1 aliphatic carbocycles. The summed E-state index contributed by atoms with van der Waals surface area (Å²) in [6, 6.07) is 9.93. The maximum Gasteiger partial charge on any atom is 0.0370 e. The molecule has 3 aliphatic rings. The van der Waals surface area contributed by atoms with Gasteiger partial charge in [-0.1, -0.05) is 25.8 Å². The second-order valence-electron chi connectivity index (χ2n) is 9.35. The van der Waals surface area contributed by atoms with Crippen molar-refractivity contribution in [2.45, 2.75) is 76.3 Å². The molecular weight excluding hydrogens is 356 g/mol. The van der Waals surface area contributed by atoms with Crippen LogP contribution in [-0.4, -0.2) is 54.6 Å². The van der Waals surface area contributed by atoms with Gasteiger partial charge in [-0.3, -0.25) is 4.90 Å². The van der Waals surface area contributed by atoms with Gasteiger partial charge in [0, 0.05) is 61.9 Å². The topological polar surface area (TPSA) is 35.7 Å². The van der Waals surface area contributed by atoms with E-state index >= 15 is 0 Å². The highest BCUT2D eigenvalue weighted by Gasteiger charge is 2.27. The van der Waals surface area contributed by atoms with Crippen LogP contribution < -0.4 is 10.6 Å². The lowest BCUT2D eigenvalue weighted by atomic mass is 9.93. The van der Waals surface area contributed by atoms with Gasteiger partial charge in [-0.05, 0) is 69.2 Å². The van der Waals surface area contributed by atoms with Crippen molar-refractivity contribution in [2.75, 3.05) is 43.4 Å². The molecule has 2 saturated heterocycles. The molecule has 0 bridgehead atoms. The molecule has 2 aliphatic heterocycles. The van der Waals surface area contributed by atoms with Gasteiger partial charge >= 0.3 is 0 Å². The summed E-state index contributed by atoms with van der Waals surface area (Å²) in [5.41, 5.74) is 9.43. The molecule has 29 heavy (non-hydrogen) atoms. The Morgan fingerprint density at radius 2 is 1.55 bits per heavy atom. The summed E-state index contributed by atoms with van der Waals surface area (Å²) in [5, 5.41) is 0. The Kier molecular flexibility index (Phi) is 7.02. The van der Waals surface area contributed by atoms with Crippen LogP contribution in [0.2, 0.25) is 0 Å². The summed E-state index contributed by atoms with van der Waals surface area (Å²) in [6.45, 7) is 10.4. The third-order valence-corrected chi connectivity index (χ3v) is 7.47. The van der Waals surface area contributed by atoms with Crippen molar-refractivity contribution in [2.24, 2.45) is 0 Å². The minimum atomic E-state index is 0.632. The molecular formula is C25H40N4. The van der Waals surface area contributed by atoms with Crippen molar-refractivity contribution < 1.29 is 0 Å². The van der Waals surface area contributed by atoms with Gasteiger partial charge in [0.2, 0.25) is 0 Å². The number of piperazine rings is 1. The standard InChI is InChI=1S/C25H40N4/c1-21(27-17-19-28(20-18-27)23-7-3-2-4-8-23)10-13-24-9-5-6-16-29(24)25-14-11-22(26)12-15-25/h11-12,14-15,23-24H,1-10,13,16-20,26H2/t24-/m1/s1. The average Bonchev–Trinajstić information content (AvgIpc) is 2.79. The van der Waals surface area contributed by atoms with Crippen LogP contribution in [0.4, 0.5) is 11.4 Å². The van der Waals surface area contributed by atoms with Gasteiger partial charge in [-0.2, -0.15) is 0 Å². The minimum Gasteiger partial charge on any atom is -0.399 e. The smallest absolute Gasteiger partial charge is 0.0370 e. The zero-order valence-corrected chi connectivity index (χ0v) is 18.2. The third kappa shape index (κ3) is 5.28. The maximum absolute atomic E-state index is 5.89. The van der Waals surface area contributed by atoms with Gasteiger partial charge in [0.25, 0.3) is 0 Å². The van der Waals surface area contributed by atoms with Crippen molar-refractivity contribution in [3.05, 3.63) is 36.5 Å². The molecule has 2 N–H and O–H groups in total. The first-order valence-corrected chi connectivity index (χ1v) is 12.0. The van der Waals surface area contributed by atoms with Crippen LogP contribution >= 0.6 is 0 Å². The van der Waals surface area contributed by atoms with E-state index in [2.05, 4.69) is 33.4 Å². The van der Waals surface area contributed by atoms with Gasteiger partial charge in [0.1, 0.15) is 0 Å². The highest BCUT2D eigenvalue weighted by molar-refractivity contribution is 5.54. The first-order chi connectivity index (χ1) is 14.2. The van der Waals surface area contributed by atoms with Crippen LogP contribution in [0.1, 0.15) is 64.2 Å². The molecule has 0 unspecified atom stereocenters. The zero-order chi connectivity index (χ0) is 20.1. The highest BCUT2D eigenvalue weighted by atomic mass is 15.3. The molecule has 1 saturated carbocycles. The molecule has 0 radical (unpaired) electrons. The molecule has 160 valence electrons. The van der Waals surface area contributed by atoms with Gasteiger partial charge in [-0.25, -0.2) is 0 Å². The van der Waals surface area contributed by atoms with Crippen molar-refractivity contribution in [1.29, 1.82) is 0 Å². The van der Waals surface area contributed by atoms with Crippen molar-refractivity contribution in [3.8, 4) is 0 Å². The van der Waals surface area contributed by atoms with Gasteiger partial charge in [0.15, 0.2) is 0 Å². The van der Waals surface area contributed by atoms with E-state index in [1.54, 1.807) is 0 Å². The number of allylic oxidation sites excluding steroid dienone is 1. The van der Waals surface area contributed by atoms with Crippen LogP contribution in [0.25, 0.3) is 0 Å². The molecule has 0 amide bonds. The van der Waals surface area contributed by atoms with E-state index in [0.717, 1.165) is 18.2 Å². The van der Waals surface area contributed by atoms with Crippen LogP contribution in [0.15, 0.2) is 36.5 Å². The molecule has 1 aromatic carbocycles. The Balaban J connectivity index is 1.25. The van der Waals surface area contributed by atoms with Crippen LogP contribution in [0, 0.1) is 0 Å². The Hall–Kier alpha value is -1.68. The second kappa shape index (κ2) is 9.88. The van der Waals surface area contributed by atoms with Crippen molar-refractivity contribution >= 4 is 11.4 Å². The lowest BCUT2D eigenvalue weighted by Crippen LogP contribution is -2.50. The number of piperidine rings is 1. The van der Waals surface area contributed by atoms with Gasteiger partial charge in [-0.15, -0.1) is 0 Å². The first-order valence-electron chi connectivity index (χ1n) is 12.0. The van der Waals surface area contributed by atoms with E-state index in [1.807, 2.05) is 12.1 Å². The van der Waals surface area contributed by atoms with E-state index in [1.165, 1.54) is 102 Å². The van der Waals surface area contributed by atoms with E-state index in [0.29, 0.717) is 6.04 Å². The number of nitrogen functional groups attached to an aromatic ring is 1. The minimum absolute atomic E-state index is 0.632. The predicted octanol–water partition coefficient (Wildman–Crippen LogP) is 4.87. The largest absolute Gasteiger partial charge is 0.399 e. The normalized spacial score (nSPS) is 24.6. The molecule has 3 fully saturated rings. The quantitative estimate of drug-likeness (QED) is 0.696. The Morgan fingerprint density at radius 1 is 0.862 bits per heavy atom. The number of nitrogens with two attached hydrogens (primary N) is 1. The van der Waals surface area contributed by atoms with Crippen LogP contribution in [0.3, 0.4) is 0 Å². The molecule has 2 heterocycles. The second-order valence-corrected chi connectivity index (χ2v) is 9.35. The Morgan fingerprint density at radius 3 is 2.28 bits per heavy atom. The Bertz CT molecular complexity index is 641. The molecule has 1 atom stereocenters. The SMILES string of the molecule is C=C(CC[C@H]1CCCCN1c1ccc(N)cc1)N1CCN(C2CCCCC2)CC1. The molecule has 4 heteroatoms. The zero-order valence-electron chi connectivity index (χ0n) is 18.2. The highest BCUT2D eigenvalue weighted by Crippen LogP contribution is 2.29. The number of rotatable bonds is 6. The first kappa shape index (κ1) is 20.6. The maximum atomic E-state index is 5.89. The molecule has 4 rings (SSSR count). The third-order valence-electron chi connectivity index (χ3n) is 7.47. The van der Waals surface area contributed by atoms with E-state index < -0.39 is 0 Å². The molecule has 1 aromatic rings. The Labute approximate surface area is 177 Å². The molecule has 4 nitrogen and oxygen atoms in total. The molecule has 0 aromatic heterocycles. The van der Waals surface area contributed by atoms with E-state index in [9.17, 15) is 0 Å². The van der Waals surface area contributed by atoms with E-state index in [-0.39, 0.29) is 0 Å². The van der Waals surface area contributed by atoms with E-state index in [4.69, 9.17) is 5.73 Å². The number of anilines is 2. The summed E-state index contributed by atoms with van der Waals surface area (Å²) in [7, 11) is 0. The summed E-state index contributed by atoms with van der Waals surface area (Å²) >= 11 is 0. The monoisotopic (exact) mass is 396 g/mol. The lowest BCUT2D eigenvalue weighted by molar-refractivity contribution is 0.0926. The summed E-state index contributed by atoms with van der Waals surface area (Å²) in [6.07, 6.45) is 13.4. The fraction of sp³-hybridized carbons (Fsp3) is 0.680. The van der Waals surface area contributed by atoms with Crippen LogP contribution in [-0.2, 0) is 0 Å². The lowest BCUT2D eigenvalue weighted by Gasteiger charge is -2.43. The number of nitrogens with zero attached hydrogens (tertiary/aromatic N) is 3. The summed E-state index contributed by atoms with van der Waals surface area (Å²) in [4.78, 5) is 7.93. The summed E-state index contributed by atoms with van der Waals surface area (Å²) < 4.78 is 0. The van der Waals surface area contributed by atoms with Gasteiger partial charge in [0.05, 0.1) is 0 Å². The molecule has 0 spiro atoms. The number of hydrogen-bond donors (Lipinski definition) is 1. The average molecular weight is 397 g/mol. The van der Waals surface area contributed by atoms with Crippen LogP contribution in [0.5, 0.6) is 0 Å². The fourth-order valence-corrected chi connectivity index (χ4v) is 5.65. The van der Waals surface area contributed by atoms with Gasteiger partial charge < -0.3 is 15.5 Å². The number of hydrogen-bond acceptors (Lipinski definition) is 4. The fourth-order valence-electron chi connectivity index (χ4n) is 5.65. The van der Waals surface area contributed by atoms with Crippen molar-refractivity contribution in [3.63, 3.8) is 0 Å². The summed E-state index contributed by atoms with van der Waals surface area (Å²) in [5.74, 6) is 0. The number of benzene rings is 1. The predicted molar refractivity (Wildman–Crippen MR) is 124 cm³/mol. The van der Waals surface area contributed by atoms with Crippen molar-refractivity contribution in [1.82, 2.24) is 9.80 Å².